The quantitative estimate of drug-likeness (QED) is 0.321. The number of nitrogens with zero attached hydrogens (tertiary/aromatic N) is 2. The van der Waals surface area contributed by atoms with Crippen LogP contribution in [-0.2, 0) is 0 Å². The molecule has 0 spiro atoms. The highest BCUT2D eigenvalue weighted by molar-refractivity contribution is 5.17. The Hall–Kier alpha value is -1.19. The molecule has 0 fully saturated rings. The number of rotatable bonds is 0. The van der Waals surface area contributed by atoms with E-state index in [0.29, 0.717) is 21.1 Å². The number of hydrogen-bond acceptors (Lipinski definition) is 2. The topological polar surface area (TPSA) is 52.1 Å². The van der Waals surface area contributed by atoms with Gasteiger partial charge >= 0.3 is 0 Å². The normalized spacial score (nSPS) is 10.3. The molecule has 0 aliphatic heterocycles. The highest BCUT2D eigenvalue weighted by atomic mass is 16.6. The summed E-state index contributed by atoms with van der Waals surface area (Å²) in [4.78, 5) is 1.06. The summed E-state index contributed by atoms with van der Waals surface area (Å²) in [6.07, 6.45) is 0. The van der Waals surface area contributed by atoms with Gasteiger partial charge in [-0.15, -0.1) is 0 Å². The third-order valence-corrected chi connectivity index (χ3v) is 1.84. The van der Waals surface area contributed by atoms with Crippen LogP contribution in [0.25, 0.3) is 0 Å². The molecule has 1 aromatic rings. The van der Waals surface area contributed by atoms with Gasteiger partial charge < -0.3 is 10.4 Å². The van der Waals surface area contributed by atoms with Crippen molar-refractivity contribution in [1.82, 2.24) is 4.85 Å². The summed E-state index contributed by atoms with van der Waals surface area (Å²) in [6, 6.07) is 0. The Kier molecular flexibility index (Phi) is 1.31. The minimum Gasteiger partial charge on any atom is -0.593 e. The van der Waals surface area contributed by atoms with Crippen LogP contribution in [0.5, 0.6) is 0 Å². The summed E-state index contributed by atoms with van der Waals surface area (Å²) in [5, 5.41) is 19.8. The first-order valence-corrected chi connectivity index (χ1v) is 3.03. The largest absolute Gasteiger partial charge is 0.593 e. The predicted octanol–water partition coefficient (Wildman–Crippen LogP) is 0.284. The van der Waals surface area contributed by atoms with Crippen LogP contribution in [0.2, 0.25) is 0 Å². The first-order chi connectivity index (χ1) is 4.55. The van der Waals surface area contributed by atoms with E-state index in [1.54, 1.807) is 20.8 Å². The van der Waals surface area contributed by atoms with Gasteiger partial charge in [-0.05, 0) is 18.7 Å². The molecule has 0 amide bonds. The summed E-state index contributed by atoms with van der Waals surface area (Å²) in [5.41, 5.74) is 1.96. The van der Waals surface area contributed by atoms with Crippen molar-refractivity contribution in [3.63, 3.8) is 0 Å². The predicted molar refractivity (Wildman–Crippen MR) is 34.8 cm³/mol. The summed E-state index contributed by atoms with van der Waals surface area (Å²) in [5.74, 6) is 0. The lowest BCUT2D eigenvalue weighted by Crippen LogP contribution is -2.38. The lowest BCUT2D eigenvalue weighted by molar-refractivity contribution is -0.731. The lowest BCUT2D eigenvalue weighted by atomic mass is 10.2. The second-order valence-electron chi connectivity index (χ2n) is 2.36. The molecule has 1 heterocycles. The third-order valence-electron chi connectivity index (χ3n) is 1.84. The molecule has 0 bridgehead atoms. The molecule has 0 radical (unpaired) electrons. The van der Waals surface area contributed by atoms with Crippen LogP contribution in [0.3, 0.4) is 0 Å². The van der Waals surface area contributed by atoms with Crippen LogP contribution in [0.1, 0.15) is 17.0 Å². The average Bonchev–Trinajstić information content (AvgIpc) is 2.07. The van der Waals surface area contributed by atoms with Gasteiger partial charge in [0.1, 0.15) is 5.69 Å². The van der Waals surface area contributed by atoms with Crippen molar-refractivity contribution in [2.45, 2.75) is 20.8 Å². The molecule has 0 saturated heterocycles. The molecule has 0 saturated carbocycles. The van der Waals surface area contributed by atoms with Crippen LogP contribution in [0, 0.1) is 26.0 Å². The molecule has 0 aliphatic carbocycles. The molecular formula is C6H10N2O2. The molecular weight excluding hydrogens is 132 g/mol. The van der Waals surface area contributed by atoms with Crippen LogP contribution < -0.4 is 4.85 Å². The Morgan fingerprint density at radius 1 is 1.40 bits per heavy atom. The maximum atomic E-state index is 10.8. The van der Waals surface area contributed by atoms with Gasteiger partial charge in [0.25, 0.3) is 0 Å². The zero-order valence-corrected chi connectivity index (χ0v) is 6.25. The van der Waals surface area contributed by atoms with Crippen LogP contribution in [0.15, 0.2) is 0 Å². The van der Waals surface area contributed by atoms with Gasteiger partial charge in [-0.2, -0.15) is 0 Å². The van der Waals surface area contributed by atoms with Crippen molar-refractivity contribution in [2.75, 3.05) is 0 Å². The fourth-order valence-electron chi connectivity index (χ4n) is 0.834. The zero-order valence-electron chi connectivity index (χ0n) is 6.25. The van der Waals surface area contributed by atoms with Crippen molar-refractivity contribution in [3.8, 4) is 0 Å². The average molecular weight is 142 g/mol. The molecule has 4 nitrogen and oxygen atoms in total. The van der Waals surface area contributed by atoms with Crippen molar-refractivity contribution < 1.29 is 10.1 Å². The SMILES string of the molecule is Cc1c(C)n(O)[n+]([O-])c1C. The minimum absolute atomic E-state index is 0.463. The van der Waals surface area contributed by atoms with E-state index in [9.17, 15) is 5.21 Å². The van der Waals surface area contributed by atoms with E-state index >= 15 is 0 Å². The Morgan fingerprint density at radius 2 is 1.90 bits per heavy atom. The summed E-state index contributed by atoms with van der Waals surface area (Å²) in [6.45, 7) is 5.16. The molecule has 0 unspecified atom stereocenters. The second kappa shape index (κ2) is 1.90. The monoisotopic (exact) mass is 142 g/mol. The van der Waals surface area contributed by atoms with Crippen molar-refractivity contribution in [3.05, 3.63) is 22.2 Å². The van der Waals surface area contributed by atoms with Crippen molar-refractivity contribution in [2.24, 2.45) is 0 Å². The fraction of sp³-hybridized carbons (Fsp3) is 0.500. The third kappa shape index (κ3) is 0.650. The lowest BCUT2D eigenvalue weighted by Gasteiger charge is -1.94. The molecule has 0 aliphatic rings. The van der Waals surface area contributed by atoms with Gasteiger partial charge in [-0.3, -0.25) is 0 Å². The summed E-state index contributed by atoms with van der Waals surface area (Å²) < 4.78 is 0. The van der Waals surface area contributed by atoms with E-state index in [2.05, 4.69) is 0 Å². The van der Waals surface area contributed by atoms with E-state index in [1.165, 1.54) is 0 Å². The first kappa shape index (κ1) is 6.92. The smallest absolute Gasteiger partial charge is 0.224 e. The summed E-state index contributed by atoms with van der Waals surface area (Å²) >= 11 is 0. The van der Waals surface area contributed by atoms with E-state index in [4.69, 9.17) is 5.21 Å². The van der Waals surface area contributed by atoms with E-state index in [1.807, 2.05) is 0 Å². The van der Waals surface area contributed by atoms with Crippen LogP contribution in [0.4, 0.5) is 0 Å². The Bertz CT molecular complexity index is 185. The molecule has 1 aromatic heterocycles. The minimum atomic E-state index is 0.463. The maximum Gasteiger partial charge on any atom is 0.224 e. The highest BCUT2D eigenvalue weighted by Gasteiger charge is 2.15. The molecule has 10 heavy (non-hydrogen) atoms. The van der Waals surface area contributed by atoms with E-state index in [0.717, 1.165) is 5.56 Å². The van der Waals surface area contributed by atoms with Gasteiger partial charge in [-0.1, -0.05) is 0 Å². The highest BCUT2D eigenvalue weighted by Crippen LogP contribution is 2.06. The molecule has 1 rings (SSSR count). The maximum absolute atomic E-state index is 10.8. The molecule has 56 valence electrons. The Morgan fingerprint density at radius 3 is 2.00 bits per heavy atom. The van der Waals surface area contributed by atoms with Gasteiger partial charge in [0.05, 0.1) is 0 Å². The van der Waals surface area contributed by atoms with Crippen molar-refractivity contribution >= 4 is 0 Å². The Labute approximate surface area is 58.8 Å². The van der Waals surface area contributed by atoms with E-state index < -0.39 is 0 Å². The van der Waals surface area contributed by atoms with Gasteiger partial charge in [0, 0.05) is 17.3 Å². The summed E-state index contributed by atoms with van der Waals surface area (Å²) in [7, 11) is 0. The fourth-order valence-corrected chi connectivity index (χ4v) is 0.834. The van der Waals surface area contributed by atoms with Gasteiger partial charge in [-0.25, -0.2) is 0 Å². The first-order valence-electron chi connectivity index (χ1n) is 3.03. The molecule has 4 heteroatoms. The number of aromatic nitrogens is 2. The Balaban J connectivity index is 3.44. The van der Waals surface area contributed by atoms with Crippen molar-refractivity contribution in [1.29, 1.82) is 0 Å². The zero-order chi connectivity index (χ0) is 7.89. The second-order valence-corrected chi connectivity index (χ2v) is 2.36. The van der Waals surface area contributed by atoms with Gasteiger partial charge in [0.15, 0.2) is 0 Å². The van der Waals surface area contributed by atoms with E-state index in [-0.39, 0.29) is 0 Å². The van der Waals surface area contributed by atoms with Gasteiger partial charge in [0.2, 0.25) is 5.69 Å². The standard InChI is InChI=1S/C6H10N2O2/c1-4-5(2)7(9)8(10)6(4)3/h9H,1-3H3. The molecule has 1 N–H and O–H groups in total. The van der Waals surface area contributed by atoms with Crippen LogP contribution in [-0.4, -0.2) is 10.1 Å². The van der Waals surface area contributed by atoms with Crippen LogP contribution >= 0.6 is 0 Å². The number of hydrogen-bond donors (Lipinski definition) is 1. The molecule has 0 aromatic carbocycles. The molecule has 0 atom stereocenters.